The quantitative estimate of drug-likeness (QED) is 0.724. The predicted molar refractivity (Wildman–Crippen MR) is 105 cm³/mol. The number of carbonyl (C=O) groups is 1. The number of rotatable bonds is 3. The van der Waals surface area contributed by atoms with E-state index in [-0.39, 0.29) is 18.2 Å². The van der Waals surface area contributed by atoms with Gasteiger partial charge in [-0.1, -0.05) is 41.0 Å². The van der Waals surface area contributed by atoms with Gasteiger partial charge in [0.2, 0.25) is 6.79 Å². The Balaban J connectivity index is 1.55. The summed E-state index contributed by atoms with van der Waals surface area (Å²) in [6, 6.07) is 9.05. The van der Waals surface area contributed by atoms with Crippen LogP contribution in [-0.4, -0.2) is 18.2 Å². The molecule has 1 amide bonds. The number of ether oxygens (including phenoxy) is 2. The van der Waals surface area contributed by atoms with Crippen molar-refractivity contribution in [1.82, 2.24) is 5.32 Å². The summed E-state index contributed by atoms with van der Waals surface area (Å²) in [6.07, 6.45) is 1.75. The Kier molecular flexibility index (Phi) is 4.65. The van der Waals surface area contributed by atoms with Crippen LogP contribution < -0.4 is 20.1 Å². The minimum Gasteiger partial charge on any atom is -0.454 e. The number of anilines is 1. The summed E-state index contributed by atoms with van der Waals surface area (Å²) in [5, 5.41) is 7.31. The van der Waals surface area contributed by atoms with Gasteiger partial charge < -0.3 is 20.1 Å². The first kappa shape index (κ1) is 17.4. The van der Waals surface area contributed by atoms with Gasteiger partial charge in [0.05, 0.1) is 9.93 Å². The number of fused-ring (bicyclic) bond motifs is 1. The third-order valence-electron chi connectivity index (χ3n) is 4.00. The highest BCUT2D eigenvalue weighted by Gasteiger charge is 2.28. The molecule has 0 spiro atoms. The lowest BCUT2D eigenvalue weighted by atomic mass is 10.2. The van der Waals surface area contributed by atoms with E-state index in [4.69, 9.17) is 32.7 Å². The van der Waals surface area contributed by atoms with Crippen molar-refractivity contribution in [3.8, 4) is 11.5 Å². The number of amides is 1. The molecule has 0 saturated carbocycles. The fraction of sp³-hybridized carbons (Fsp3) is 0.167. The monoisotopic (exact) mass is 408 g/mol. The van der Waals surface area contributed by atoms with Crippen LogP contribution >= 0.6 is 35.0 Å². The first-order chi connectivity index (χ1) is 12.5. The van der Waals surface area contributed by atoms with Crippen LogP contribution in [0.4, 0.5) is 5.69 Å². The van der Waals surface area contributed by atoms with Gasteiger partial charge in [-0.2, -0.15) is 0 Å². The Labute approximate surface area is 164 Å². The fourth-order valence-electron chi connectivity index (χ4n) is 2.64. The smallest absolute Gasteiger partial charge is 0.260 e. The highest BCUT2D eigenvalue weighted by molar-refractivity contribution is 8.05. The van der Waals surface area contributed by atoms with Gasteiger partial charge in [0.15, 0.2) is 17.0 Å². The predicted octanol–water partition coefficient (Wildman–Crippen LogP) is 4.63. The number of thioether (sulfide) groups is 1. The highest BCUT2D eigenvalue weighted by atomic mass is 35.5. The largest absolute Gasteiger partial charge is 0.454 e. The molecule has 1 atom stereocenters. The molecule has 2 aliphatic rings. The minimum absolute atomic E-state index is 0.166. The molecule has 2 aromatic rings. The van der Waals surface area contributed by atoms with Crippen molar-refractivity contribution in [2.24, 2.45) is 0 Å². The number of nitrogens with one attached hydrogen (secondary N) is 2. The Hall–Kier alpha value is -2.02. The third kappa shape index (κ3) is 3.45. The van der Waals surface area contributed by atoms with Crippen LogP contribution in [0.5, 0.6) is 11.5 Å². The maximum absolute atomic E-state index is 12.3. The van der Waals surface area contributed by atoms with E-state index >= 15 is 0 Å². The molecule has 4 rings (SSSR count). The Bertz CT molecular complexity index is 933. The summed E-state index contributed by atoms with van der Waals surface area (Å²) in [4.78, 5) is 12.9. The van der Waals surface area contributed by atoms with E-state index < -0.39 is 0 Å². The van der Waals surface area contributed by atoms with Gasteiger partial charge in [0.25, 0.3) is 5.91 Å². The molecule has 1 unspecified atom stereocenters. The van der Waals surface area contributed by atoms with E-state index in [0.717, 1.165) is 11.3 Å². The second kappa shape index (κ2) is 6.95. The molecular formula is C18H14Cl2N2O3S. The van der Waals surface area contributed by atoms with Crippen LogP contribution in [0.1, 0.15) is 11.1 Å². The number of carbonyl (C=O) groups excluding carboxylic acids is 1. The lowest BCUT2D eigenvalue weighted by Crippen LogP contribution is -2.31. The molecule has 0 aromatic heterocycles. The van der Waals surface area contributed by atoms with E-state index in [1.807, 2.05) is 25.1 Å². The Morgan fingerprint density at radius 3 is 2.81 bits per heavy atom. The van der Waals surface area contributed by atoms with Crippen LogP contribution in [0.25, 0.3) is 6.08 Å². The molecule has 0 aliphatic carbocycles. The van der Waals surface area contributed by atoms with Gasteiger partial charge in [-0.25, -0.2) is 0 Å². The summed E-state index contributed by atoms with van der Waals surface area (Å²) < 4.78 is 10.7. The maximum Gasteiger partial charge on any atom is 0.260 e. The lowest BCUT2D eigenvalue weighted by Gasteiger charge is -2.15. The Morgan fingerprint density at radius 2 is 2.00 bits per heavy atom. The number of hydrogen-bond acceptors (Lipinski definition) is 5. The molecule has 134 valence electrons. The molecule has 0 radical (unpaired) electrons. The third-order valence-corrected chi connectivity index (χ3v) is 5.59. The molecule has 2 aromatic carbocycles. The molecule has 0 bridgehead atoms. The first-order valence-electron chi connectivity index (χ1n) is 7.80. The van der Waals surface area contributed by atoms with E-state index in [9.17, 15) is 4.79 Å². The molecule has 2 aliphatic heterocycles. The summed E-state index contributed by atoms with van der Waals surface area (Å²) in [6.45, 7) is 2.15. The van der Waals surface area contributed by atoms with Crippen molar-refractivity contribution in [3.63, 3.8) is 0 Å². The average molecular weight is 409 g/mol. The van der Waals surface area contributed by atoms with Gasteiger partial charge in [-0.15, -0.1) is 0 Å². The second-order valence-electron chi connectivity index (χ2n) is 5.81. The highest BCUT2D eigenvalue weighted by Crippen LogP contribution is 2.39. The number of aryl methyl sites for hydroxylation is 1. The van der Waals surface area contributed by atoms with E-state index in [1.165, 1.54) is 11.8 Å². The topological polar surface area (TPSA) is 59.6 Å². The summed E-state index contributed by atoms with van der Waals surface area (Å²) in [7, 11) is 0. The maximum atomic E-state index is 12.3. The normalized spacial score (nSPS) is 19.7. The molecule has 8 heteroatoms. The average Bonchev–Trinajstić information content (AvgIpc) is 3.18. The summed E-state index contributed by atoms with van der Waals surface area (Å²) >= 11 is 13.7. The molecule has 1 saturated heterocycles. The van der Waals surface area contributed by atoms with Crippen molar-refractivity contribution < 1.29 is 14.3 Å². The summed E-state index contributed by atoms with van der Waals surface area (Å²) in [5.41, 5.74) is 2.32. The van der Waals surface area contributed by atoms with Gasteiger partial charge >= 0.3 is 0 Å². The van der Waals surface area contributed by atoms with E-state index in [1.54, 1.807) is 18.2 Å². The van der Waals surface area contributed by atoms with Crippen LogP contribution in [0, 0.1) is 6.92 Å². The lowest BCUT2D eigenvalue weighted by molar-refractivity contribution is -0.116. The molecule has 2 heterocycles. The van der Waals surface area contributed by atoms with Gasteiger partial charge in [0, 0.05) is 16.8 Å². The zero-order chi connectivity index (χ0) is 18.3. The number of halogens is 2. The second-order valence-corrected chi connectivity index (χ2v) is 7.80. The SMILES string of the molecule is Cc1ccc(Cl)cc1NC1NC(=O)/C(=C/c2cc3c(cc2Cl)OCO3)S1. The fourth-order valence-corrected chi connectivity index (χ4v) is 3.99. The van der Waals surface area contributed by atoms with Gasteiger partial charge in [-0.3, -0.25) is 4.79 Å². The first-order valence-corrected chi connectivity index (χ1v) is 9.44. The van der Waals surface area contributed by atoms with Crippen molar-refractivity contribution in [1.29, 1.82) is 0 Å². The molecule has 5 nitrogen and oxygen atoms in total. The zero-order valence-electron chi connectivity index (χ0n) is 13.6. The van der Waals surface area contributed by atoms with Crippen LogP contribution in [-0.2, 0) is 4.79 Å². The number of benzene rings is 2. The minimum atomic E-state index is -0.293. The van der Waals surface area contributed by atoms with E-state index in [0.29, 0.717) is 32.0 Å². The summed E-state index contributed by atoms with van der Waals surface area (Å²) in [5.74, 6) is 1.06. The van der Waals surface area contributed by atoms with Crippen molar-refractivity contribution in [3.05, 3.63) is 56.4 Å². The van der Waals surface area contributed by atoms with Crippen LogP contribution in [0.2, 0.25) is 10.0 Å². The van der Waals surface area contributed by atoms with Crippen LogP contribution in [0.15, 0.2) is 35.2 Å². The zero-order valence-corrected chi connectivity index (χ0v) is 16.0. The van der Waals surface area contributed by atoms with Crippen molar-refractivity contribution >= 4 is 52.6 Å². The van der Waals surface area contributed by atoms with Crippen molar-refractivity contribution in [2.45, 2.75) is 12.4 Å². The number of hydrogen-bond donors (Lipinski definition) is 2. The van der Waals surface area contributed by atoms with Gasteiger partial charge in [-0.05, 0) is 42.3 Å². The standard InChI is InChI=1S/C18H14Cl2N2O3S/c1-9-2-3-11(19)6-13(9)21-18-22-17(23)16(26-18)5-10-4-14-15(7-12(10)20)25-8-24-14/h2-7,18,21H,8H2,1H3,(H,22,23)/b16-5-. The molecular weight excluding hydrogens is 395 g/mol. The molecule has 26 heavy (non-hydrogen) atoms. The molecule has 2 N–H and O–H groups in total. The van der Waals surface area contributed by atoms with E-state index in [2.05, 4.69) is 10.6 Å². The van der Waals surface area contributed by atoms with Gasteiger partial charge in [0.1, 0.15) is 0 Å². The molecule has 1 fully saturated rings. The van der Waals surface area contributed by atoms with Crippen molar-refractivity contribution in [2.75, 3.05) is 12.1 Å². The Morgan fingerprint density at radius 1 is 1.23 bits per heavy atom. The van der Waals surface area contributed by atoms with Crippen LogP contribution in [0.3, 0.4) is 0 Å².